The highest BCUT2D eigenvalue weighted by atomic mass is 16.5. The first-order valence-electron chi connectivity index (χ1n) is 9.06. The number of hydrogen-bond acceptors (Lipinski definition) is 5. The monoisotopic (exact) mass is 355 g/mol. The predicted molar refractivity (Wildman–Crippen MR) is 99.2 cm³/mol. The van der Waals surface area contributed by atoms with E-state index >= 15 is 0 Å². The molecule has 1 saturated carbocycles. The van der Waals surface area contributed by atoms with E-state index in [0.717, 1.165) is 32.2 Å². The van der Waals surface area contributed by atoms with E-state index < -0.39 is 5.91 Å². The fourth-order valence-corrected chi connectivity index (χ4v) is 3.18. The molecule has 6 nitrogen and oxygen atoms in total. The lowest BCUT2D eigenvalue weighted by Crippen LogP contribution is -2.42. The van der Waals surface area contributed by atoms with E-state index in [-0.39, 0.29) is 12.1 Å². The highest BCUT2D eigenvalue weighted by molar-refractivity contribution is 5.92. The average Bonchev–Trinajstić information content (AvgIpc) is 2.65. The number of aliphatic hydroxyl groups is 1. The van der Waals surface area contributed by atoms with Gasteiger partial charge in [-0.3, -0.25) is 4.79 Å². The lowest BCUT2D eigenvalue weighted by atomic mass is 9.92. The summed E-state index contributed by atoms with van der Waals surface area (Å²) in [6.07, 6.45) is 6.35. The van der Waals surface area contributed by atoms with Crippen molar-refractivity contribution in [2.24, 2.45) is 5.73 Å². The number of aromatic nitrogens is 1. The molecule has 1 aliphatic rings. The van der Waals surface area contributed by atoms with Gasteiger partial charge in [-0.05, 0) is 49.6 Å². The second-order valence-corrected chi connectivity index (χ2v) is 6.66. The number of carbonyl (C=O) groups excluding carboxylic acids is 1. The van der Waals surface area contributed by atoms with Gasteiger partial charge in [-0.2, -0.15) is 0 Å². The van der Waals surface area contributed by atoms with Crippen molar-refractivity contribution in [3.8, 4) is 11.6 Å². The zero-order valence-corrected chi connectivity index (χ0v) is 14.7. The van der Waals surface area contributed by atoms with Crippen molar-refractivity contribution in [3.63, 3.8) is 0 Å². The maximum Gasteiger partial charge on any atom is 0.250 e. The Bertz CT molecular complexity index is 716. The van der Waals surface area contributed by atoms with Crippen molar-refractivity contribution in [1.29, 1.82) is 0 Å². The second kappa shape index (κ2) is 8.78. The van der Waals surface area contributed by atoms with Gasteiger partial charge in [0.25, 0.3) is 0 Å². The van der Waals surface area contributed by atoms with Gasteiger partial charge in [0.1, 0.15) is 5.75 Å². The molecule has 0 saturated heterocycles. The SMILES string of the molecule is NC(=O)c1ccc(Oc2ccc(CCN[C@@H]3CCCC[C@H]3O)cc2)nc1. The molecule has 4 N–H and O–H groups in total. The standard InChI is InChI=1S/C20H25N3O3/c21-20(25)15-7-10-19(23-13-15)26-16-8-5-14(6-9-16)11-12-22-17-3-1-2-4-18(17)24/h5-10,13,17-18,22,24H,1-4,11-12H2,(H2,21,25)/t17-,18-/m1/s1. The molecule has 138 valence electrons. The van der Waals surface area contributed by atoms with E-state index in [4.69, 9.17) is 10.5 Å². The van der Waals surface area contributed by atoms with E-state index in [9.17, 15) is 9.90 Å². The Balaban J connectivity index is 1.47. The number of carbonyl (C=O) groups is 1. The Morgan fingerprint density at radius 2 is 1.96 bits per heavy atom. The predicted octanol–water partition coefficient (Wildman–Crippen LogP) is 2.41. The molecule has 0 aliphatic heterocycles. The maximum atomic E-state index is 11.0. The molecule has 0 spiro atoms. The Labute approximate surface area is 153 Å². The lowest BCUT2D eigenvalue weighted by molar-refractivity contribution is 0.0914. The molecule has 0 unspecified atom stereocenters. The summed E-state index contributed by atoms with van der Waals surface area (Å²) in [5, 5.41) is 13.4. The molecule has 0 radical (unpaired) electrons. The first-order chi connectivity index (χ1) is 12.6. The smallest absolute Gasteiger partial charge is 0.250 e. The molecule has 1 amide bonds. The van der Waals surface area contributed by atoms with Gasteiger partial charge in [-0.1, -0.05) is 25.0 Å². The molecule has 3 rings (SSSR count). The van der Waals surface area contributed by atoms with Crippen LogP contribution in [0.3, 0.4) is 0 Å². The fourth-order valence-electron chi connectivity index (χ4n) is 3.18. The fraction of sp³-hybridized carbons (Fsp3) is 0.400. The van der Waals surface area contributed by atoms with Crippen LogP contribution in [0.4, 0.5) is 0 Å². The molecule has 2 atom stereocenters. The van der Waals surface area contributed by atoms with Crippen molar-refractivity contribution in [3.05, 3.63) is 53.7 Å². The number of amides is 1. The van der Waals surface area contributed by atoms with Crippen LogP contribution in [0.5, 0.6) is 11.6 Å². The van der Waals surface area contributed by atoms with Gasteiger partial charge in [0.2, 0.25) is 11.8 Å². The van der Waals surface area contributed by atoms with Crippen LogP contribution in [-0.2, 0) is 6.42 Å². The van der Waals surface area contributed by atoms with E-state index in [1.165, 1.54) is 18.2 Å². The molecule has 1 aromatic carbocycles. The number of aliphatic hydroxyl groups excluding tert-OH is 1. The van der Waals surface area contributed by atoms with Gasteiger partial charge < -0.3 is 20.9 Å². The summed E-state index contributed by atoms with van der Waals surface area (Å²) in [6, 6.07) is 11.3. The third-order valence-electron chi connectivity index (χ3n) is 4.72. The number of nitrogens with zero attached hydrogens (tertiary/aromatic N) is 1. The van der Waals surface area contributed by atoms with Crippen LogP contribution in [0.1, 0.15) is 41.6 Å². The van der Waals surface area contributed by atoms with E-state index in [0.29, 0.717) is 17.2 Å². The zero-order valence-electron chi connectivity index (χ0n) is 14.7. The van der Waals surface area contributed by atoms with Gasteiger partial charge in [-0.15, -0.1) is 0 Å². The molecular weight excluding hydrogens is 330 g/mol. The van der Waals surface area contributed by atoms with Crippen LogP contribution in [0.15, 0.2) is 42.6 Å². The number of hydrogen-bond donors (Lipinski definition) is 3. The molecular formula is C20H25N3O3. The molecule has 2 aromatic rings. The number of pyridine rings is 1. The highest BCUT2D eigenvalue weighted by Gasteiger charge is 2.21. The molecule has 26 heavy (non-hydrogen) atoms. The third kappa shape index (κ3) is 5.03. The van der Waals surface area contributed by atoms with E-state index in [1.807, 2.05) is 24.3 Å². The van der Waals surface area contributed by atoms with Gasteiger partial charge >= 0.3 is 0 Å². The van der Waals surface area contributed by atoms with E-state index in [1.54, 1.807) is 12.1 Å². The van der Waals surface area contributed by atoms with E-state index in [2.05, 4.69) is 10.3 Å². The Hall–Kier alpha value is -2.44. The minimum absolute atomic E-state index is 0.215. The number of rotatable bonds is 7. The maximum absolute atomic E-state index is 11.0. The van der Waals surface area contributed by atoms with Crippen LogP contribution < -0.4 is 15.8 Å². The largest absolute Gasteiger partial charge is 0.439 e. The summed E-state index contributed by atoms with van der Waals surface area (Å²) in [4.78, 5) is 15.1. The molecule has 1 heterocycles. The minimum atomic E-state index is -0.511. The summed E-state index contributed by atoms with van der Waals surface area (Å²) < 4.78 is 5.67. The van der Waals surface area contributed by atoms with Crippen molar-refractivity contribution < 1.29 is 14.6 Å². The number of ether oxygens (including phenoxy) is 1. The van der Waals surface area contributed by atoms with Crippen LogP contribution >= 0.6 is 0 Å². The van der Waals surface area contributed by atoms with Gasteiger partial charge in [0.15, 0.2) is 0 Å². The van der Waals surface area contributed by atoms with Crippen molar-refractivity contribution >= 4 is 5.91 Å². The molecule has 1 aliphatic carbocycles. The van der Waals surface area contributed by atoms with Crippen molar-refractivity contribution in [1.82, 2.24) is 10.3 Å². The molecule has 1 aromatic heterocycles. The topological polar surface area (TPSA) is 97.5 Å². The molecule has 0 bridgehead atoms. The number of benzene rings is 1. The minimum Gasteiger partial charge on any atom is -0.439 e. The molecule has 1 fully saturated rings. The Morgan fingerprint density at radius 1 is 1.19 bits per heavy atom. The quantitative estimate of drug-likeness (QED) is 0.708. The van der Waals surface area contributed by atoms with Crippen LogP contribution in [0.2, 0.25) is 0 Å². The number of nitrogens with one attached hydrogen (secondary N) is 1. The first-order valence-corrected chi connectivity index (χ1v) is 9.06. The van der Waals surface area contributed by atoms with Crippen molar-refractivity contribution in [2.75, 3.05) is 6.54 Å². The summed E-state index contributed by atoms with van der Waals surface area (Å²) in [7, 11) is 0. The average molecular weight is 355 g/mol. The van der Waals surface area contributed by atoms with Gasteiger partial charge in [-0.25, -0.2) is 4.98 Å². The van der Waals surface area contributed by atoms with Crippen molar-refractivity contribution in [2.45, 2.75) is 44.2 Å². The first kappa shape index (κ1) is 18.4. The van der Waals surface area contributed by atoms with Crippen LogP contribution in [0, 0.1) is 0 Å². The van der Waals surface area contributed by atoms with Gasteiger partial charge in [0.05, 0.1) is 11.7 Å². The zero-order chi connectivity index (χ0) is 18.4. The summed E-state index contributed by atoms with van der Waals surface area (Å²) in [6.45, 7) is 0.845. The normalized spacial score (nSPS) is 19.9. The second-order valence-electron chi connectivity index (χ2n) is 6.66. The van der Waals surface area contributed by atoms with Gasteiger partial charge in [0, 0.05) is 18.3 Å². The summed E-state index contributed by atoms with van der Waals surface area (Å²) in [5.74, 6) is 0.585. The Kier molecular flexibility index (Phi) is 6.20. The summed E-state index contributed by atoms with van der Waals surface area (Å²) in [5.41, 5.74) is 6.74. The lowest BCUT2D eigenvalue weighted by Gasteiger charge is -2.28. The third-order valence-corrected chi connectivity index (χ3v) is 4.72. The van der Waals surface area contributed by atoms with Crippen LogP contribution in [-0.4, -0.2) is 34.7 Å². The number of primary amides is 1. The highest BCUT2D eigenvalue weighted by Crippen LogP contribution is 2.21. The molecule has 6 heteroatoms. The summed E-state index contributed by atoms with van der Waals surface area (Å²) >= 11 is 0. The Morgan fingerprint density at radius 3 is 2.62 bits per heavy atom. The number of nitrogens with two attached hydrogens (primary N) is 1. The van der Waals surface area contributed by atoms with Crippen LogP contribution in [0.25, 0.3) is 0 Å².